The molecule has 0 fully saturated rings. The molecule has 0 aromatic heterocycles. The Kier molecular flexibility index (Phi) is 8.99. The van der Waals surface area contributed by atoms with Crippen LogP contribution in [0.2, 0.25) is 0 Å². The number of carbonyl (C=O) groups excluding carboxylic acids is 1. The molecule has 3 nitrogen and oxygen atoms in total. The van der Waals surface area contributed by atoms with E-state index in [2.05, 4.69) is 24.1 Å². The highest BCUT2D eigenvalue weighted by Gasteiger charge is 2.02. The third kappa shape index (κ3) is 8.16. The summed E-state index contributed by atoms with van der Waals surface area (Å²) in [6, 6.07) is 7.53. The smallest absolute Gasteiger partial charge is 0.224 e. The first-order valence-corrected chi connectivity index (χ1v) is 7.85. The van der Waals surface area contributed by atoms with E-state index in [4.69, 9.17) is 5.73 Å². The third-order valence-corrected chi connectivity index (χ3v) is 3.26. The Morgan fingerprint density at radius 2 is 1.76 bits per heavy atom. The first-order chi connectivity index (χ1) is 10.3. The molecule has 0 saturated heterocycles. The molecule has 1 aromatic rings. The Labute approximate surface area is 128 Å². The van der Waals surface area contributed by atoms with Gasteiger partial charge in [-0.25, -0.2) is 0 Å². The number of hydrogen-bond acceptors (Lipinski definition) is 2. The molecule has 3 N–H and O–H groups in total. The van der Waals surface area contributed by atoms with Crippen molar-refractivity contribution >= 4 is 11.6 Å². The van der Waals surface area contributed by atoms with E-state index in [1.54, 1.807) is 0 Å². The molecule has 0 radical (unpaired) electrons. The molecule has 1 aromatic carbocycles. The Bertz CT molecular complexity index is 468. The van der Waals surface area contributed by atoms with Gasteiger partial charge in [0.25, 0.3) is 0 Å². The van der Waals surface area contributed by atoms with Gasteiger partial charge in [-0.2, -0.15) is 0 Å². The maximum absolute atomic E-state index is 11.8. The van der Waals surface area contributed by atoms with Crippen molar-refractivity contribution in [3.8, 4) is 11.8 Å². The summed E-state index contributed by atoms with van der Waals surface area (Å²) in [4.78, 5) is 11.8. The van der Waals surface area contributed by atoms with E-state index in [0.29, 0.717) is 13.0 Å². The van der Waals surface area contributed by atoms with Gasteiger partial charge in [0.05, 0.1) is 6.54 Å². The molecule has 0 atom stereocenters. The van der Waals surface area contributed by atoms with Crippen molar-refractivity contribution in [2.75, 3.05) is 11.9 Å². The number of amides is 1. The van der Waals surface area contributed by atoms with Gasteiger partial charge in [0.2, 0.25) is 5.91 Å². The standard InChI is InChI=1S/C18H26N2O/c1-2-3-4-5-6-7-10-18(21)20-17-13-11-16(12-14-17)9-8-15-19/h11-14H,2-7,10,15,19H2,1H3,(H,20,21). The molecule has 114 valence electrons. The van der Waals surface area contributed by atoms with Crippen LogP contribution in [0.4, 0.5) is 5.69 Å². The molecule has 0 aliphatic rings. The largest absolute Gasteiger partial charge is 0.326 e. The monoisotopic (exact) mass is 286 g/mol. The minimum atomic E-state index is 0.0892. The molecular formula is C18H26N2O. The summed E-state index contributed by atoms with van der Waals surface area (Å²) in [6.07, 6.45) is 7.77. The van der Waals surface area contributed by atoms with Gasteiger partial charge in [0.1, 0.15) is 0 Å². The average molecular weight is 286 g/mol. The van der Waals surface area contributed by atoms with Crippen LogP contribution in [0, 0.1) is 11.8 Å². The Morgan fingerprint density at radius 1 is 1.10 bits per heavy atom. The fourth-order valence-corrected chi connectivity index (χ4v) is 2.08. The fraction of sp³-hybridized carbons (Fsp3) is 0.500. The zero-order chi connectivity index (χ0) is 15.3. The van der Waals surface area contributed by atoms with Gasteiger partial charge < -0.3 is 11.1 Å². The molecule has 0 heterocycles. The molecule has 1 amide bonds. The summed E-state index contributed by atoms with van der Waals surface area (Å²) < 4.78 is 0. The lowest BCUT2D eigenvalue weighted by Crippen LogP contribution is -2.10. The molecule has 1 rings (SSSR count). The SMILES string of the molecule is CCCCCCCCC(=O)Nc1ccc(C#CCN)cc1. The summed E-state index contributed by atoms with van der Waals surface area (Å²) >= 11 is 0. The van der Waals surface area contributed by atoms with Gasteiger partial charge in [0.15, 0.2) is 0 Å². The van der Waals surface area contributed by atoms with Crippen LogP contribution in [0.5, 0.6) is 0 Å². The van der Waals surface area contributed by atoms with Crippen LogP contribution < -0.4 is 11.1 Å². The van der Waals surface area contributed by atoms with Gasteiger partial charge >= 0.3 is 0 Å². The number of anilines is 1. The second-order valence-corrected chi connectivity index (χ2v) is 5.15. The second-order valence-electron chi connectivity index (χ2n) is 5.15. The van der Waals surface area contributed by atoms with E-state index >= 15 is 0 Å². The molecule has 3 heteroatoms. The molecule has 0 saturated carbocycles. The van der Waals surface area contributed by atoms with Crippen LogP contribution in [0.3, 0.4) is 0 Å². The van der Waals surface area contributed by atoms with Gasteiger partial charge in [0, 0.05) is 17.7 Å². The van der Waals surface area contributed by atoms with Crippen molar-refractivity contribution in [3.63, 3.8) is 0 Å². The number of unbranched alkanes of at least 4 members (excludes halogenated alkanes) is 5. The zero-order valence-corrected chi connectivity index (χ0v) is 13.0. The van der Waals surface area contributed by atoms with Gasteiger partial charge in [-0.1, -0.05) is 50.9 Å². The van der Waals surface area contributed by atoms with Crippen LogP contribution >= 0.6 is 0 Å². The van der Waals surface area contributed by atoms with Crippen LogP contribution in [0.15, 0.2) is 24.3 Å². The number of carbonyl (C=O) groups is 1. The minimum Gasteiger partial charge on any atom is -0.326 e. The van der Waals surface area contributed by atoms with Crippen LogP contribution in [0.1, 0.15) is 57.4 Å². The Hall–Kier alpha value is -1.79. The van der Waals surface area contributed by atoms with Crippen molar-refractivity contribution < 1.29 is 4.79 Å². The summed E-state index contributed by atoms with van der Waals surface area (Å²) in [5.41, 5.74) is 7.06. The maximum Gasteiger partial charge on any atom is 0.224 e. The third-order valence-electron chi connectivity index (χ3n) is 3.26. The molecule has 21 heavy (non-hydrogen) atoms. The van der Waals surface area contributed by atoms with Crippen molar-refractivity contribution in [1.29, 1.82) is 0 Å². The van der Waals surface area contributed by atoms with E-state index in [9.17, 15) is 4.79 Å². The van der Waals surface area contributed by atoms with Crippen LogP contribution in [-0.4, -0.2) is 12.5 Å². The van der Waals surface area contributed by atoms with Crippen molar-refractivity contribution in [2.45, 2.75) is 51.9 Å². The van der Waals surface area contributed by atoms with E-state index in [0.717, 1.165) is 24.1 Å². The quantitative estimate of drug-likeness (QED) is 0.565. The van der Waals surface area contributed by atoms with Crippen molar-refractivity contribution in [1.82, 2.24) is 0 Å². The summed E-state index contributed by atoms with van der Waals surface area (Å²) in [5.74, 6) is 5.85. The van der Waals surface area contributed by atoms with E-state index in [-0.39, 0.29) is 5.91 Å². The number of hydrogen-bond donors (Lipinski definition) is 2. The predicted octanol–water partition coefficient (Wildman–Crippen LogP) is 3.69. The minimum absolute atomic E-state index is 0.0892. The lowest BCUT2D eigenvalue weighted by Gasteiger charge is -2.05. The average Bonchev–Trinajstić information content (AvgIpc) is 2.50. The number of benzene rings is 1. The lowest BCUT2D eigenvalue weighted by molar-refractivity contribution is -0.116. The number of rotatable bonds is 8. The number of nitrogens with two attached hydrogens (primary N) is 1. The molecule has 0 aliphatic carbocycles. The van der Waals surface area contributed by atoms with Crippen LogP contribution in [-0.2, 0) is 4.79 Å². The highest BCUT2D eigenvalue weighted by atomic mass is 16.1. The van der Waals surface area contributed by atoms with E-state index in [1.165, 1.54) is 25.7 Å². The highest BCUT2D eigenvalue weighted by molar-refractivity contribution is 5.90. The van der Waals surface area contributed by atoms with Crippen LogP contribution in [0.25, 0.3) is 0 Å². The summed E-state index contributed by atoms with van der Waals surface area (Å²) in [5, 5.41) is 2.92. The lowest BCUT2D eigenvalue weighted by atomic mass is 10.1. The summed E-state index contributed by atoms with van der Waals surface area (Å²) in [7, 11) is 0. The van der Waals surface area contributed by atoms with Crippen molar-refractivity contribution in [3.05, 3.63) is 29.8 Å². The van der Waals surface area contributed by atoms with Gasteiger partial charge in [-0.15, -0.1) is 0 Å². The number of nitrogens with one attached hydrogen (secondary N) is 1. The topological polar surface area (TPSA) is 55.1 Å². The molecular weight excluding hydrogens is 260 g/mol. The van der Waals surface area contributed by atoms with E-state index < -0.39 is 0 Å². The molecule has 0 spiro atoms. The molecule has 0 unspecified atom stereocenters. The first kappa shape index (κ1) is 17.3. The Balaban J connectivity index is 2.25. The van der Waals surface area contributed by atoms with E-state index in [1.807, 2.05) is 24.3 Å². The van der Waals surface area contributed by atoms with Gasteiger partial charge in [-0.05, 0) is 30.7 Å². The fourth-order valence-electron chi connectivity index (χ4n) is 2.08. The normalized spacial score (nSPS) is 9.81. The van der Waals surface area contributed by atoms with Crippen molar-refractivity contribution in [2.24, 2.45) is 5.73 Å². The maximum atomic E-state index is 11.8. The highest BCUT2D eigenvalue weighted by Crippen LogP contribution is 2.11. The Morgan fingerprint density at radius 3 is 2.43 bits per heavy atom. The molecule has 0 aliphatic heterocycles. The molecule has 0 bridgehead atoms. The summed E-state index contributed by atoms with van der Waals surface area (Å²) in [6.45, 7) is 2.57. The first-order valence-electron chi connectivity index (χ1n) is 7.85. The zero-order valence-electron chi connectivity index (χ0n) is 13.0. The predicted molar refractivity (Wildman–Crippen MR) is 89.0 cm³/mol. The van der Waals surface area contributed by atoms with Gasteiger partial charge in [-0.3, -0.25) is 4.79 Å². The second kappa shape index (κ2) is 10.9.